The molecule has 1 aliphatic carbocycles. The Bertz CT molecular complexity index is 1280. The van der Waals surface area contributed by atoms with Crippen molar-refractivity contribution >= 4 is 28.4 Å². The molecule has 2 saturated heterocycles. The molecule has 2 aromatic rings. The highest BCUT2D eigenvalue weighted by Gasteiger charge is 2.86. The normalized spacial score (nSPS) is 26.1. The van der Waals surface area contributed by atoms with E-state index in [0.717, 1.165) is 13.1 Å². The largest absolute Gasteiger partial charge is 0.397 e. The van der Waals surface area contributed by atoms with Crippen LogP contribution in [-0.4, -0.2) is 60.1 Å². The maximum atomic E-state index is 14.4. The molecule has 0 bridgehead atoms. The monoisotopic (exact) mass is 514 g/mol. The lowest BCUT2D eigenvalue weighted by atomic mass is 9.94. The van der Waals surface area contributed by atoms with E-state index in [1.165, 1.54) is 12.3 Å². The quantitative estimate of drug-likeness (QED) is 0.608. The number of hydrazine groups is 1. The van der Waals surface area contributed by atoms with Crippen LogP contribution in [0.2, 0.25) is 0 Å². The number of rotatable bonds is 4. The minimum absolute atomic E-state index is 0.156. The van der Waals surface area contributed by atoms with Crippen LogP contribution in [0.15, 0.2) is 30.5 Å². The number of piperidine rings is 2. The van der Waals surface area contributed by atoms with Crippen LogP contribution in [0, 0.1) is 28.1 Å². The summed E-state index contributed by atoms with van der Waals surface area (Å²) in [7, 11) is 0. The summed E-state index contributed by atoms with van der Waals surface area (Å²) < 4.78 is 43.1. The molecule has 2 amide bonds. The van der Waals surface area contributed by atoms with Crippen molar-refractivity contribution in [3.63, 3.8) is 0 Å². The molecule has 1 aromatic heterocycles. The third-order valence-corrected chi connectivity index (χ3v) is 8.43. The number of pyridine rings is 1. The number of fused-ring (bicyclic) bond motifs is 2. The first kappa shape index (κ1) is 25.3. The highest BCUT2D eigenvalue weighted by molar-refractivity contribution is 5.97. The Morgan fingerprint density at radius 1 is 1.16 bits per heavy atom. The molecule has 2 N–H and O–H groups in total. The molecule has 5 rings (SSSR count). The van der Waals surface area contributed by atoms with E-state index in [1.54, 1.807) is 23.1 Å². The Balaban J connectivity index is 1.33. The predicted molar refractivity (Wildman–Crippen MR) is 130 cm³/mol. The highest BCUT2D eigenvalue weighted by Crippen LogP contribution is 2.75. The number of hydrogen-bond acceptors (Lipinski definition) is 6. The van der Waals surface area contributed by atoms with Crippen molar-refractivity contribution in [3.8, 4) is 6.07 Å². The van der Waals surface area contributed by atoms with Gasteiger partial charge < -0.3 is 9.80 Å². The summed E-state index contributed by atoms with van der Waals surface area (Å²) in [6.07, 6.45) is -2.15. The minimum Gasteiger partial charge on any atom is -0.369 e. The first-order chi connectivity index (χ1) is 17.5. The molecule has 0 unspecified atom stereocenters. The molecule has 3 fully saturated rings. The lowest BCUT2D eigenvalue weighted by Gasteiger charge is -2.34. The van der Waals surface area contributed by atoms with Gasteiger partial charge in [-0.25, -0.2) is 0 Å². The molecule has 1 saturated carbocycles. The third-order valence-electron chi connectivity index (χ3n) is 8.43. The number of carbonyl (C=O) groups excluding carboxylic acids is 2. The van der Waals surface area contributed by atoms with Crippen LogP contribution < -0.4 is 15.8 Å². The molecule has 196 valence electrons. The number of amides is 2. The van der Waals surface area contributed by atoms with E-state index in [-0.39, 0.29) is 31.3 Å². The SMILES string of the molecule is CC(C)N1CCC(C(=O)NNC(=O)[C@]23CN(c4ccc(C#N)c5ncccc45)C[C@@]2(C(F)(F)F)C3)CC1. The van der Waals surface area contributed by atoms with E-state index in [9.17, 15) is 28.0 Å². The Morgan fingerprint density at radius 2 is 1.89 bits per heavy atom. The summed E-state index contributed by atoms with van der Waals surface area (Å²) in [5.74, 6) is -1.49. The number of hydrogen-bond donors (Lipinski definition) is 2. The van der Waals surface area contributed by atoms with Crippen molar-refractivity contribution in [3.05, 3.63) is 36.0 Å². The Kier molecular flexibility index (Phi) is 6.06. The Morgan fingerprint density at radius 3 is 2.54 bits per heavy atom. The highest BCUT2D eigenvalue weighted by atomic mass is 19.4. The van der Waals surface area contributed by atoms with E-state index in [2.05, 4.69) is 40.7 Å². The summed E-state index contributed by atoms with van der Waals surface area (Å²) in [4.78, 5) is 33.9. The van der Waals surface area contributed by atoms with Gasteiger partial charge in [0.05, 0.1) is 16.5 Å². The molecule has 1 aromatic carbocycles. The molecular weight excluding hydrogens is 485 g/mol. The van der Waals surface area contributed by atoms with E-state index in [4.69, 9.17) is 0 Å². The number of likely N-dealkylation sites (tertiary alicyclic amines) is 1. The van der Waals surface area contributed by atoms with Crippen molar-refractivity contribution in [1.29, 1.82) is 5.26 Å². The van der Waals surface area contributed by atoms with Crippen LogP contribution in [0.25, 0.3) is 10.9 Å². The minimum atomic E-state index is -4.60. The van der Waals surface area contributed by atoms with Gasteiger partial charge in [-0.1, -0.05) is 0 Å². The zero-order chi connectivity index (χ0) is 26.6. The fraction of sp³-hybridized carbons (Fsp3) is 0.538. The number of alkyl halides is 3. The summed E-state index contributed by atoms with van der Waals surface area (Å²) in [5.41, 5.74) is 2.03. The van der Waals surface area contributed by atoms with Crippen LogP contribution in [0.1, 0.15) is 38.7 Å². The van der Waals surface area contributed by atoms with Gasteiger partial charge in [0.2, 0.25) is 11.8 Å². The molecule has 3 heterocycles. The van der Waals surface area contributed by atoms with E-state index in [1.807, 2.05) is 0 Å². The first-order valence-electron chi connectivity index (χ1n) is 12.5. The van der Waals surface area contributed by atoms with Crippen molar-refractivity contribution in [2.75, 3.05) is 31.1 Å². The molecule has 11 heteroatoms. The number of nitrogens with zero attached hydrogens (tertiary/aromatic N) is 4. The topological polar surface area (TPSA) is 101 Å². The first-order valence-corrected chi connectivity index (χ1v) is 12.5. The summed E-state index contributed by atoms with van der Waals surface area (Å²) in [5, 5.41) is 9.95. The third kappa shape index (κ3) is 3.98. The number of nitriles is 1. The second kappa shape index (κ2) is 8.87. The Labute approximate surface area is 212 Å². The van der Waals surface area contributed by atoms with Crippen molar-refractivity contribution in [1.82, 2.24) is 20.7 Å². The second-order valence-corrected chi connectivity index (χ2v) is 10.7. The van der Waals surface area contributed by atoms with Gasteiger partial charge in [-0.3, -0.25) is 25.4 Å². The average Bonchev–Trinajstić information content (AvgIpc) is 3.43. The van der Waals surface area contributed by atoms with Crippen LogP contribution >= 0.6 is 0 Å². The zero-order valence-electron chi connectivity index (χ0n) is 20.7. The molecular formula is C26H29F3N6O2. The van der Waals surface area contributed by atoms with Gasteiger partial charge in [-0.05, 0) is 70.5 Å². The predicted octanol–water partition coefficient (Wildman–Crippen LogP) is 3.13. The van der Waals surface area contributed by atoms with Gasteiger partial charge in [0.1, 0.15) is 11.5 Å². The standard InChI is InChI=1S/C26H29F3N6O2/c1-16(2)34-10-7-17(8-11-34)22(36)32-33-23(37)24-13-25(24,26(27,28)29)15-35(14-24)20-6-5-18(12-30)21-19(20)4-3-9-31-21/h3-6,9,16-17H,7-8,10-11,13-15H2,1-2H3,(H,32,36)(H,33,37)/t24-,25-/m0/s1. The number of halogens is 3. The molecule has 0 radical (unpaired) electrons. The van der Waals surface area contributed by atoms with E-state index < -0.39 is 22.9 Å². The molecule has 2 atom stereocenters. The second-order valence-electron chi connectivity index (χ2n) is 10.7. The van der Waals surface area contributed by atoms with Crippen LogP contribution in [0.3, 0.4) is 0 Å². The number of nitrogens with one attached hydrogen (secondary N) is 2. The fourth-order valence-corrected chi connectivity index (χ4v) is 6.14. The maximum absolute atomic E-state index is 14.4. The van der Waals surface area contributed by atoms with Crippen molar-refractivity contribution in [2.45, 2.75) is 45.3 Å². The fourth-order valence-electron chi connectivity index (χ4n) is 6.14. The number of benzene rings is 1. The van der Waals surface area contributed by atoms with Crippen molar-refractivity contribution < 1.29 is 22.8 Å². The van der Waals surface area contributed by atoms with Gasteiger partial charge in [0.25, 0.3) is 0 Å². The number of aromatic nitrogens is 1. The lowest BCUT2D eigenvalue weighted by molar-refractivity contribution is -0.191. The molecule has 2 aliphatic heterocycles. The van der Waals surface area contributed by atoms with Gasteiger partial charge in [-0.2, -0.15) is 18.4 Å². The summed E-state index contributed by atoms with van der Waals surface area (Å²) in [6, 6.07) is 8.94. The van der Waals surface area contributed by atoms with Crippen molar-refractivity contribution in [2.24, 2.45) is 16.7 Å². The van der Waals surface area contributed by atoms with Crippen LogP contribution in [-0.2, 0) is 9.59 Å². The van der Waals surface area contributed by atoms with Gasteiger partial charge in [0.15, 0.2) is 0 Å². The molecule has 3 aliphatic rings. The summed E-state index contributed by atoms with van der Waals surface area (Å²) >= 11 is 0. The maximum Gasteiger partial charge on any atom is 0.397 e. The van der Waals surface area contributed by atoms with E-state index >= 15 is 0 Å². The Hall–Kier alpha value is -3.39. The molecule has 0 spiro atoms. The zero-order valence-corrected chi connectivity index (χ0v) is 20.7. The van der Waals surface area contributed by atoms with Gasteiger partial charge >= 0.3 is 6.18 Å². The summed E-state index contributed by atoms with van der Waals surface area (Å²) in [6.45, 7) is 5.15. The molecule has 8 nitrogen and oxygen atoms in total. The molecule has 37 heavy (non-hydrogen) atoms. The lowest BCUT2D eigenvalue weighted by Crippen LogP contribution is -2.51. The van der Waals surface area contributed by atoms with Crippen LogP contribution in [0.5, 0.6) is 0 Å². The van der Waals surface area contributed by atoms with Gasteiger partial charge in [0, 0.05) is 42.3 Å². The smallest absolute Gasteiger partial charge is 0.369 e. The van der Waals surface area contributed by atoms with E-state index in [0.29, 0.717) is 41.0 Å². The van der Waals surface area contributed by atoms with Gasteiger partial charge in [-0.15, -0.1) is 0 Å². The van der Waals surface area contributed by atoms with Crippen LogP contribution in [0.4, 0.5) is 18.9 Å². The number of carbonyl (C=O) groups is 2. The average molecular weight is 515 g/mol. The number of anilines is 1.